The first-order chi connectivity index (χ1) is 13.0. The minimum Gasteiger partial charge on any atom is -0.341 e. The van der Waals surface area contributed by atoms with Crippen molar-refractivity contribution in [3.8, 4) is 0 Å². The van der Waals surface area contributed by atoms with E-state index in [4.69, 9.17) is 28.9 Å². The van der Waals surface area contributed by atoms with Gasteiger partial charge >= 0.3 is 0 Å². The quantitative estimate of drug-likeness (QED) is 0.555. The molecule has 1 fully saturated rings. The normalized spacial score (nSPS) is 17.2. The van der Waals surface area contributed by atoms with Crippen LogP contribution < -0.4 is 11.1 Å². The SMILES string of the molecule is NCc1nc2cc(C=C3SC(=Nc4c(Cl)cccc4Cl)NC3=O)ccc2[nH]1. The van der Waals surface area contributed by atoms with Crippen molar-refractivity contribution in [2.75, 3.05) is 0 Å². The fourth-order valence-electron chi connectivity index (χ4n) is 2.59. The van der Waals surface area contributed by atoms with Crippen LogP contribution in [0.25, 0.3) is 17.1 Å². The smallest absolute Gasteiger partial charge is 0.264 e. The summed E-state index contributed by atoms with van der Waals surface area (Å²) in [5, 5.41) is 3.99. The minimum absolute atomic E-state index is 0.230. The minimum atomic E-state index is -0.230. The molecule has 1 amide bonds. The van der Waals surface area contributed by atoms with Crippen LogP contribution in [0.1, 0.15) is 11.4 Å². The van der Waals surface area contributed by atoms with Crippen molar-refractivity contribution >= 4 is 68.8 Å². The Hall–Kier alpha value is -2.32. The fourth-order valence-corrected chi connectivity index (χ4v) is 3.90. The van der Waals surface area contributed by atoms with Gasteiger partial charge in [0, 0.05) is 0 Å². The average Bonchev–Trinajstić information content (AvgIpc) is 3.21. The number of aromatic nitrogens is 2. The molecule has 0 spiro atoms. The molecular weight excluding hydrogens is 405 g/mol. The van der Waals surface area contributed by atoms with E-state index in [2.05, 4.69) is 20.3 Å². The van der Waals surface area contributed by atoms with Gasteiger partial charge in [0.15, 0.2) is 5.17 Å². The number of H-pyrrole nitrogens is 1. The lowest BCUT2D eigenvalue weighted by Crippen LogP contribution is -2.19. The highest BCUT2D eigenvalue weighted by atomic mass is 35.5. The highest BCUT2D eigenvalue weighted by molar-refractivity contribution is 8.18. The van der Waals surface area contributed by atoms with E-state index in [1.807, 2.05) is 18.2 Å². The number of fused-ring (bicyclic) bond motifs is 1. The van der Waals surface area contributed by atoms with Crippen molar-refractivity contribution in [2.24, 2.45) is 10.7 Å². The summed E-state index contributed by atoms with van der Waals surface area (Å²) in [6.45, 7) is 0.341. The third-order valence-electron chi connectivity index (χ3n) is 3.85. The molecule has 9 heteroatoms. The fraction of sp³-hybridized carbons (Fsp3) is 0.0556. The molecule has 0 unspecified atom stereocenters. The van der Waals surface area contributed by atoms with Gasteiger partial charge in [0.25, 0.3) is 5.91 Å². The Morgan fingerprint density at radius 1 is 1.22 bits per heavy atom. The number of aliphatic imine (C=N–C) groups is 1. The van der Waals surface area contributed by atoms with Crippen LogP contribution in [-0.4, -0.2) is 21.0 Å². The topological polar surface area (TPSA) is 96.2 Å². The molecule has 6 nitrogen and oxygen atoms in total. The summed E-state index contributed by atoms with van der Waals surface area (Å²) in [6, 6.07) is 10.8. The first kappa shape index (κ1) is 18.1. The molecule has 136 valence electrons. The molecule has 27 heavy (non-hydrogen) atoms. The van der Waals surface area contributed by atoms with Crippen molar-refractivity contribution in [1.29, 1.82) is 0 Å². The Kier molecular flexibility index (Phi) is 4.92. The van der Waals surface area contributed by atoms with Gasteiger partial charge in [0.05, 0.1) is 32.5 Å². The zero-order valence-corrected chi connectivity index (χ0v) is 16.1. The summed E-state index contributed by atoms with van der Waals surface area (Å²) in [4.78, 5) is 24.7. The molecule has 0 bridgehead atoms. The first-order valence-electron chi connectivity index (χ1n) is 7.96. The lowest BCUT2D eigenvalue weighted by Gasteiger charge is -2.01. The number of para-hydroxylation sites is 1. The second kappa shape index (κ2) is 7.36. The van der Waals surface area contributed by atoms with Gasteiger partial charge in [-0.3, -0.25) is 4.79 Å². The predicted octanol–water partition coefficient (Wildman–Crippen LogP) is 4.22. The molecule has 0 radical (unpaired) electrons. The van der Waals surface area contributed by atoms with Crippen LogP contribution in [0.5, 0.6) is 0 Å². The van der Waals surface area contributed by atoms with Gasteiger partial charge < -0.3 is 16.0 Å². The monoisotopic (exact) mass is 417 g/mol. The molecule has 0 aliphatic carbocycles. The van der Waals surface area contributed by atoms with E-state index < -0.39 is 0 Å². The van der Waals surface area contributed by atoms with E-state index in [9.17, 15) is 4.79 Å². The number of hydrogen-bond donors (Lipinski definition) is 3. The molecule has 1 aliphatic rings. The van der Waals surface area contributed by atoms with E-state index in [0.29, 0.717) is 38.2 Å². The van der Waals surface area contributed by atoms with Crippen LogP contribution >= 0.6 is 35.0 Å². The summed E-state index contributed by atoms with van der Waals surface area (Å²) in [6.07, 6.45) is 1.78. The number of carbonyl (C=O) groups is 1. The highest BCUT2D eigenvalue weighted by Crippen LogP contribution is 2.35. The number of halogens is 2. The number of rotatable bonds is 3. The summed E-state index contributed by atoms with van der Waals surface area (Å²) in [7, 11) is 0. The second-order valence-electron chi connectivity index (χ2n) is 5.72. The van der Waals surface area contributed by atoms with Crippen molar-refractivity contribution in [2.45, 2.75) is 6.54 Å². The van der Waals surface area contributed by atoms with Crippen LogP contribution in [0.4, 0.5) is 5.69 Å². The first-order valence-corrected chi connectivity index (χ1v) is 9.53. The van der Waals surface area contributed by atoms with Gasteiger partial charge in [0.1, 0.15) is 11.5 Å². The number of carbonyl (C=O) groups excluding carboxylic acids is 1. The molecule has 1 saturated heterocycles. The van der Waals surface area contributed by atoms with Crippen LogP contribution in [0.15, 0.2) is 46.3 Å². The molecular formula is C18H13Cl2N5OS. The van der Waals surface area contributed by atoms with Crippen LogP contribution in [0.3, 0.4) is 0 Å². The maximum absolute atomic E-state index is 12.3. The van der Waals surface area contributed by atoms with Crippen LogP contribution in [0.2, 0.25) is 10.0 Å². The standard InChI is InChI=1S/C18H13Cl2N5OS/c19-10-2-1-3-11(20)16(10)24-18-25-17(26)14(27-18)7-9-4-5-12-13(6-9)23-15(8-21)22-12/h1-7H,8,21H2,(H,22,23)(H,24,25,26). The molecule has 1 aliphatic heterocycles. The van der Waals surface area contributed by atoms with Crippen LogP contribution in [0, 0.1) is 0 Å². The Morgan fingerprint density at radius 3 is 2.74 bits per heavy atom. The molecule has 1 aromatic heterocycles. The number of thioether (sulfide) groups is 1. The maximum Gasteiger partial charge on any atom is 0.264 e. The van der Waals surface area contributed by atoms with E-state index in [1.165, 1.54) is 11.8 Å². The maximum atomic E-state index is 12.3. The van der Waals surface area contributed by atoms with E-state index in [1.54, 1.807) is 24.3 Å². The predicted molar refractivity (Wildman–Crippen MR) is 111 cm³/mol. The average molecular weight is 418 g/mol. The Morgan fingerprint density at radius 2 is 2.00 bits per heavy atom. The third kappa shape index (κ3) is 3.72. The number of amides is 1. The summed E-state index contributed by atoms with van der Waals surface area (Å²) in [5.74, 6) is 0.487. The van der Waals surface area contributed by atoms with E-state index in [-0.39, 0.29) is 5.91 Å². The lowest BCUT2D eigenvalue weighted by molar-refractivity contribution is -0.115. The van der Waals surface area contributed by atoms with Gasteiger partial charge in [-0.2, -0.15) is 0 Å². The zero-order valence-electron chi connectivity index (χ0n) is 13.8. The molecule has 4 rings (SSSR count). The molecule has 2 aromatic carbocycles. The number of aromatic amines is 1. The zero-order chi connectivity index (χ0) is 19.0. The Bertz CT molecular complexity index is 1100. The molecule has 2 heterocycles. The molecule has 0 saturated carbocycles. The molecule has 0 atom stereocenters. The third-order valence-corrected chi connectivity index (χ3v) is 5.37. The Labute approximate surface area is 168 Å². The van der Waals surface area contributed by atoms with Gasteiger partial charge in [-0.15, -0.1) is 0 Å². The summed E-state index contributed by atoms with van der Waals surface area (Å²) in [5.41, 5.74) is 8.59. The van der Waals surface area contributed by atoms with Gasteiger partial charge in [-0.1, -0.05) is 35.3 Å². The number of nitrogens with one attached hydrogen (secondary N) is 2. The number of imidazole rings is 1. The number of nitrogens with zero attached hydrogens (tertiary/aromatic N) is 2. The summed E-state index contributed by atoms with van der Waals surface area (Å²) >= 11 is 13.5. The number of amidine groups is 1. The largest absolute Gasteiger partial charge is 0.341 e. The van der Waals surface area contributed by atoms with Gasteiger partial charge in [-0.25, -0.2) is 9.98 Å². The molecule has 4 N–H and O–H groups in total. The van der Waals surface area contributed by atoms with E-state index >= 15 is 0 Å². The highest BCUT2D eigenvalue weighted by Gasteiger charge is 2.24. The van der Waals surface area contributed by atoms with Gasteiger partial charge in [-0.05, 0) is 47.7 Å². The van der Waals surface area contributed by atoms with E-state index in [0.717, 1.165) is 16.6 Å². The summed E-state index contributed by atoms with van der Waals surface area (Å²) < 4.78 is 0. The van der Waals surface area contributed by atoms with Gasteiger partial charge in [0.2, 0.25) is 0 Å². The van der Waals surface area contributed by atoms with Crippen molar-refractivity contribution in [1.82, 2.24) is 15.3 Å². The number of nitrogens with two attached hydrogens (primary N) is 1. The Balaban J connectivity index is 1.63. The number of benzene rings is 2. The molecule has 3 aromatic rings. The second-order valence-corrected chi connectivity index (χ2v) is 7.56. The number of hydrogen-bond acceptors (Lipinski definition) is 5. The lowest BCUT2D eigenvalue weighted by atomic mass is 10.2. The van der Waals surface area contributed by atoms with Crippen molar-refractivity contribution < 1.29 is 4.79 Å². The van der Waals surface area contributed by atoms with Crippen LogP contribution in [-0.2, 0) is 11.3 Å². The van der Waals surface area contributed by atoms with Crippen molar-refractivity contribution in [3.63, 3.8) is 0 Å². The van der Waals surface area contributed by atoms with Crippen molar-refractivity contribution in [3.05, 3.63) is 62.7 Å².